The molecular formula is C24H32N4O2. The second-order valence-electron chi connectivity index (χ2n) is 8.05. The van der Waals surface area contributed by atoms with E-state index in [1.807, 2.05) is 41.3 Å². The summed E-state index contributed by atoms with van der Waals surface area (Å²) in [5.41, 5.74) is 2.72. The van der Waals surface area contributed by atoms with Crippen LogP contribution in [-0.4, -0.2) is 39.0 Å². The third kappa shape index (κ3) is 5.38. The number of hydrogen-bond acceptors (Lipinski definition) is 4. The molecule has 1 amide bonds. The Hall–Kier alpha value is -2.89. The van der Waals surface area contributed by atoms with Crippen molar-refractivity contribution in [2.75, 3.05) is 13.7 Å². The minimum absolute atomic E-state index is 0.104. The van der Waals surface area contributed by atoms with Gasteiger partial charge in [-0.2, -0.15) is 0 Å². The summed E-state index contributed by atoms with van der Waals surface area (Å²) in [6, 6.07) is 11.6. The smallest absolute Gasteiger partial charge is 0.227 e. The van der Waals surface area contributed by atoms with Crippen LogP contribution in [0.2, 0.25) is 0 Å². The van der Waals surface area contributed by atoms with E-state index in [9.17, 15) is 4.79 Å². The first-order chi connectivity index (χ1) is 14.5. The van der Waals surface area contributed by atoms with Crippen LogP contribution in [0.15, 0.2) is 42.6 Å². The standard InChI is InChI=1S/C24H32N4O2/c1-5-13-28-22(26-21-10-7-12-25-24(21)28)17-27(14-11-18(2)3)23(29)16-19-8-6-9-20(15-19)30-4/h6-10,12,15,18H,5,11,13-14,16-17H2,1-4H3. The number of carbonyl (C=O) groups excluding carboxylic acids is 1. The molecule has 0 atom stereocenters. The molecule has 6 heteroatoms. The molecule has 30 heavy (non-hydrogen) atoms. The summed E-state index contributed by atoms with van der Waals surface area (Å²) < 4.78 is 7.45. The van der Waals surface area contributed by atoms with Crippen LogP contribution < -0.4 is 4.74 Å². The number of amides is 1. The van der Waals surface area contributed by atoms with Gasteiger partial charge in [0.25, 0.3) is 0 Å². The van der Waals surface area contributed by atoms with Crippen LogP contribution >= 0.6 is 0 Å². The van der Waals surface area contributed by atoms with Gasteiger partial charge in [-0.3, -0.25) is 4.79 Å². The Balaban J connectivity index is 1.85. The van der Waals surface area contributed by atoms with Crippen LogP contribution in [0.25, 0.3) is 11.2 Å². The summed E-state index contributed by atoms with van der Waals surface area (Å²) in [4.78, 5) is 24.5. The third-order valence-corrected chi connectivity index (χ3v) is 5.18. The zero-order valence-electron chi connectivity index (χ0n) is 18.5. The van der Waals surface area contributed by atoms with Gasteiger partial charge in [0.05, 0.1) is 20.1 Å². The van der Waals surface area contributed by atoms with E-state index < -0.39 is 0 Å². The summed E-state index contributed by atoms with van der Waals surface area (Å²) in [5, 5.41) is 0. The van der Waals surface area contributed by atoms with Crippen LogP contribution in [0, 0.1) is 5.92 Å². The molecule has 3 aromatic rings. The molecule has 1 aromatic carbocycles. The van der Waals surface area contributed by atoms with Gasteiger partial charge >= 0.3 is 0 Å². The molecule has 0 radical (unpaired) electrons. The lowest BCUT2D eigenvalue weighted by atomic mass is 10.1. The quantitative estimate of drug-likeness (QED) is 0.497. The van der Waals surface area contributed by atoms with Crippen molar-refractivity contribution in [3.63, 3.8) is 0 Å². The SMILES string of the molecule is CCCn1c(CN(CCC(C)C)C(=O)Cc2cccc(OC)c2)nc2cccnc21. The summed E-state index contributed by atoms with van der Waals surface area (Å²) >= 11 is 0. The van der Waals surface area contributed by atoms with Gasteiger partial charge in [-0.25, -0.2) is 9.97 Å². The fourth-order valence-corrected chi connectivity index (χ4v) is 3.53. The van der Waals surface area contributed by atoms with Crippen molar-refractivity contribution in [3.8, 4) is 5.75 Å². The molecular weight excluding hydrogens is 376 g/mol. The van der Waals surface area contributed by atoms with Crippen molar-refractivity contribution >= 4 is 17.1 Å². The number of fused-ring (bicyclic) bond motifs is 1. The fourth-order valence-electron chi connectivity index (χ4n) is 3.53. The maximum absolute atomic E-state index is 13.2. The second-order valence-corrected chi connectivity index (χ2v) is 8.05. The Bertz CT molecular complexity index is 980. The van der Waals surface area contributed by atoms with E-state index in [1.165, 1.54) is 0 Å². The highest BCUT2D eigenvalue weighted by Gasteiger charge is 2.20. The molecule has 3 rings (SSSR count). The van der Waals surface area contributed by atoms with Gasteiger partial charge in [0.2, 0.25) is 5.91 Å². The van der Waals surface area contributed by atoms with Crippen LogP contribution in [0.1, 0.15) is 45.0 Å². The number of imidazole rings is 1. The number of pyridine rings is 1. The summed E-state index contributed by atoms with van der Waals surface area (Å²) in [6.07, 6.45) is 4.08. The Morgan fingerprint density at radius 1 is 1.23 bits per heavy atom. The molecule has 160 valence electrons. The lowest BCUT2D eigenvalue weighted by Crippen LogP contribution is -2.34. The van der Waals surface area contributed by atoms with Crippen molar-refractivity contribution in [3.05, 3.63) is 54.0 Å². The van der Waals surface area contributed by atoms with Crippen LogP contribution in [-0.2, 0) is 24.3 Å². The number of carbonyl (C=O) groups is 1. The number of aryl methyl sites for hydroxylation is 1. The largest absolute Gasteiger partial charge is 0.497 e. The van der Waals surface area contributed by atoms with Gasteiger partial charge in [0, 0.05) is 19.3 Å². The predicted octanol–water partition coefficient (Wildman–Crippen LogP) is 4.47. The molecule has 0 bridgehead atoms. The molecule has 0 spiro atoms. The fraction of sp³-hybridized carbons (Fsp3) is 0.458. The average Bonchev–Trinajstić information content (AvgIpc) is 3.08. The maximum atomic E-state index is 13.2. The molecule has 0 aliphatic heterocycles. The normalized spacial score (nSPS) is 11.2. The molecule has 2 aromatic heterocycles. The van der Waals surface area contributed by atoms with E-state index in [2.05, 4.69) is 30.3 Å². The molecule has 0 N–H and O–H groups in total. The first-order valence-corrected chi connectivity index (χ1v) is 10.7. The van der Waals surface area contributed by atoms with Crippen LogP contribution in [0.5, 0.6) is 5.75 Å². The summed E-state index contributed by atoms with van der Waals surface area (Å²) in [6.45, 7) is 8.55. The first kappa shape index (κ1) is 21.8. The molecule has 0 saturated carbocycles. The molecule has 6 nitrogen and oxygen atoms in total. The Morgan fingerprint density at radius 2 is 2.07 bits per heavy atom. The molecule has 0 aliphatic rings. The number of aromatic nitrogens is 3. The Morgan fingerprint density at radius 3 is 2.80 bits per heavy atom. The maximum Gasteiger partial charge on any atom is 0.227 e. The second kappa shape index (κ2) is 10.2. The molecule has 0 saturated heterocycles. The number of hydrogen-bond donors (Lipinski definition) is 0. The van der Waals surface area contributed by atoms with Crippen molar-refractivity contribution in [2.45, 2.75) is 53.1 Å². The molecule has 0 aliphatic carbocycles. The van der Waals surface area contributed by atoms with Gasteiger partial charge in [-0.15, -0.1) is 0 Å². The van der Waals surface area contributed by atoms with Crippen LogP contribution in [0.3, 0.4) is 0 Å². The Labute approximate surface area is 178 Å². The highest BCUT2D eigenvalue weighted by molar-refractivity contribution is 5.79. The van der Waals surface area contributed by atoms with E-state index >= 15 is 0 Å². The van der Waals surface area contributed by atoms with Gasteiger partial charge in [0.1, 0.15) is 17.1 Å². The lowest BCUT2D eigenvalue weighted by molar-refractivity contribution is -0.131. The number of ether oxygens (including phenoxy) is 1. The summed E-state index contributed by atoms with van der Waals surface area (Å²) in [5.74, 6) is 2.29. The number of methoxy groups -OCH3 is 1. The minimum atomic E-state index is 0.104. The van der Waals surface area contributed by atoms with Gasteiger partial charge in [0.15, 0.2) is 5.65 Å². The zero-order valence-corrected chi connectivity index (χ0v) is 18.5. The van der Waals surface area contributed by atoms with Crippen LogP contribution in [0.4, 0.5) is 0 Å². The van der Waals surface area contributed by atoms with E-state index in [0.717, 1.165) is 47.7 Å². The van der Waals surface area contributed by atoms with Crippen molar-refractivity contribution in [2.24, 2.45) is 5.92 Å². The van der Waals surface area contributed by atoms with Gasteiger partial charge in [-0.1, -0.05) is 32.9 Å². The minimum Gasteiger partial charge on any atom is -0.497 e. The molecule has 2 heterocycles. The highest BCUT2D eigenvalue weighted by Crippen LogP contribution is 2.18. The molecule has 0 fully saturated rings. The average molecular weight is 409 g/mol. The zero-order chi connectivity index (χ0) is 21.5. The third-order valence-electron chi connectivity index (χ3n) is 5.18. The predicted molar refractivity (Wildman–Crippen MR) is 119 cm³/mol. The monoisotopic (exact) mass is 408 g/mol. The van der Waals surface area contributed by atoms with E-state index in [-0.39, 0.29) is 5.91 Å². The number of rotatable bonds is 10. The first-order valence-electron chi connectivity index (χ1n) is 10.7. The van der Waals surface area contributed by atoms with Gasteiger partial charge in [-0.05, 0) is 48.6 Å². The van der Waals surface area contributed by atoms with Crippen molar-refractivity contribution in [1.29, 1.82) is 0 Å². The van der Waals surface area contributed by atoms with E-state index in [1.54, 1.807) is 13.3 Å². The highest BCUT2D eigenvalue weighted by atomic mass is 16.5. The lowest BCUT2D eigenvalue weighted by Gasteiger charge is -2.24. The van der Waals surface area contributed by atoms with E-state index in [4.69, 9.17) is 9.72 Å². The summed E-state index contributed by atoms with van der Waals surface area (Å²) in [7, 11) is 1.64. The topological polar surface area (TPSA) is 60.2 Å². The number of nitrogens with zero attached hydrogens (tertiary/aromatic N) is 4. The van der Waals surface area contributed by atoms with Gasteiger partial charge < -0.3 is 14.2 Å². The molecule has 0 unspecified atom stereocenters. The van der Waals surface area contributed by atoms with Crippen molar-refractivity contribution in [1.82, 2.24) is 19.4 Å². The number of benzene rings is 1. The van der Waals surface area contributed by atoms with E-state index in [0.29, 0.717) is 25.4 Å². The Kier molecular flexibility index (Phi) is 7.44. The van der Waals surface area contributed by atoms with Crippen molar-refractivity contribution < 1.29 is 9.53 Å².